The zero-order chi connectivity index (χ0) is 20.6. The van der Waals surface area contributed by atoms with E-state index in [2.05, 4.69) is 5.32 Å². The number of rotatable bonds is 6. The van der Waals surface area contributed by atoms with Crippen molar-refractivity contribution in [3.63, 3.8) is 0 Å². The van der Waals surface area contributed by atoms with Crippen molar-refractivity contribution in [2.75, 3.05) is 19.4 Å². The second-order valence-electron chi connectivity index (χ2n) is 6.51. The van der Waals surface area contributed by atoms with E-state index in [1.165, 1.54) is 4.90 Å². The molecule has 0 atom stereocenters. The van der Waals surface area contributed by atoms with Crippen molar-refractivity contribution in [3.05, 3.63) is 90.0 Å². The molecule has 0 spiro atoms. The van der Waals surface area contributed by atoms with E-state index in [-0.39, 0.29) is 11.1 Å². The number of hydrogen-bond donors (Lipinski definition) is 1. The molecule has 0 bridgehead atoms. The lowest BCUT2D eigenvalue weighted by atomic mass is 10.2. The Morgan fingerprint density at radius 3 is 2.24 bits per heavy atom. The third kappa shape index (κ3) is 5.86. The number of anilines is 1. The molecule has 3 aromatic rings. The average Bonchev–Trinajstić information content (AvgIpc) is 2.74. The van der Waals surface area contributed by atoms with Gasteiger partial charge in [0.2, 0.25) is 0 Å². The highest BCUT2D eigenvalue weighted by Gasteiger charge is 2.13. The van der Waals surface area contributed by atoms with Crippen LogP contribution in [0.5, 0.6) is 5.75 Å². The van der Waals surface area contributed by atoms with Gasteiger partial charge in [-0.1, -0.05) is 42.5 Å². The summed E-state index contributed by atoms with van der Waals surface area (Å²) in [6, 6.07) is 24.1. The number of hydrogen-bond acceptors (Lipinski definition) is 4. The molecular formula is C23H22N2O3S. The van der Waals surface area contributed by atoms with Gasteiger partial charge in [-0.05, 0) is 53.7 Å². The summed E-state index contributed by atoms with van der Waals surface area (Å²) in [5.74, 6) is 0.447. The molecule has 0 unspecified atom stereocenters. The Bertz CT molecular complexity index is 973. The first-order chi connectivity index (χ1) is 14.0. The Kier molecular flexibility index (Phi) is 6.92. The van der Waals surface area contributed by atoms with Crippen LogP contribution in [0.4, 0.5) is 10.5 Å². The van der Waals surface area contributed by atoms with E-state index >= 15 is 0 Å². The minimum Gasteiger partial charge on any atom is -0.489 e. The van der Waals surface area contributed by atoms with Crippen LogP contribution in [0.1, 0.15) is 15.9 Å². The molecule has 0 aliphatic carbocycles. The molecule has 0 aliphatic heterocycles. The fourth-order valence-electron chi connectivity index (χ4n) is 2.48. The van der Waals surface area contributed by atoms with Gasteiger partial charge in [0.05, 0.1) is 5.69 Å². The summed E-state index contributed by atoms with van der Waals surface area (Å²) in [4.78, 5) is 26.8. The summed E-state index contributed by atoms with van der Waals surface area (Å²) in [6.07, 6.45) is 0. The molecule has 0 saturated heterocycles. The van der Waals surface area contributed by atoms with Crippen LogP contribution >= 0.6 is 11.8 Å². The van der Waals surface area contributed by atoms with E-state index in [4.69, 9.17) is 4.74 Å². The fraction of sp³-hybridized carbons (Fsp3) is 0.130. The first-order valence-electron chi connectivity index (χ1n) is 9.09. The largest absolute Gasteiger partial charge is 0.489 e. The van der Waals surface area contributed by atoms with Crippen LogP contribution in [0.3, 0.4) is 0 Å². The van der Waals surface area contributed by atoms with E-state index < -0.39 is 0 Å². The second-order valence-corrected chi connectivity index (χ2v) is 7.50. The second kappa shape index (κ2) is 9.80. The summed E-state index contributed by atoms with van der Waals surface area (Å²) in [7, 11) is 3.38. The van der Waals surface area contributed by atoms with Crippen molar-refractivity contribution in [2.24, 2.45) is 0 Å². The molecule has 148 valence electrons. The van der Waals surface area contributed by atoms with Gasteiger partial charge in [-0.2, -0.15) is 0 Å². The molecule has 0 heterocycles. The lowest BCUT2D eigenvalue weighted by Crippen LogP contribution is -2.17. The average molecular weight is 407 g/mol. The fourth-order valence-corrected chi connectivity index (χ4v) is 3.23. The summed E-state index contributed by atoms with van der Waals surface area (Å²) in [5.41, 5.74) is 2.19. The molecule has 5 nitrogen and oxygen atoms in total. The summed E-state index contributed by atoms with van der Waals surface area (Å²) < 4.78 is 5.75. The third-order valence-corrected chi connectivity index (χ3v) is 5.18. The molecule has 3 aromatic carbocycles. The number of thioether (sulfide) groups is 1. The van der Waals surface area contributed by atoms with Crippen LogP contribution in [0.2, 0.25) is 0 Å². The number of nitrogens with one attached hydrogen (secondary N) is 1. The van der Waals surface area contributed by atoms with Crippen molar-refractivity contribution in [1.29, 1.82) is 0 Å². The highest BCUT2D eigenvalue weighted by molar-refractivity contribution is 8.13. The Labute approximate surface area is 174 Å². The highest BCUT2D eigenvalue weighted by Crippen LogP contribution is 2.29. The van der Waals surface area contributed by atoms with Crippen LogP contribution < -0.4 is 10.1 Å². The maximum atomic E-state index is 12.6. The van der Waals surface area contributed by atoms with Gasteiger partial charge in [-0.3, -0.25) is 9.59 Å². The number of carbonyl (C=O) groups is 2. The molecule has 6 heteroatoms. The summed E-state index contributed by atoms with van der Waals surface area (Å²) >= 11 is 1.07. The normalized spacial score (nSPS) is 10.3. The van der Waals surface area contributed by atoms with Gasteiger partial charge in [-0.15, -0.1) is 0 Å². The van der Waals surface area contributed by atoms with E-state index in [1.54, 1.807) is 44.4 Å². The van der Waals surface area contributed by atoms with Gasteiger partial charge in [0.15, 0.2) is 0 Å². The number of para-hydroxylation sites is 1. The van der Waals surface area contributed by atoms with Crippen LogP contribution in [0.25, 0.3) is 0 Å². The highest BCUT2D eigenvalue weighted by atomic mass is 32.2. The van der Waals surface area contributed by atoms with Crippen LogP contribution in [-0.2, 0) is 6.61 Å². The molecule has 29 heavy (non-hydrogen) atoms. The van der Waals surface area contributed by atoms with Gasteiger partial charge in [-0.25, -0.2) is 0 Å². The Morgan fingerprint density at radius 2 is 1.55 bits per heavy atom. The number of nitrogens with zero attached hydrogens (tertiary/aromatic N) is 1. The Balaban J connectivity index is 1.63. The number of amides is 2. The smallest absolute Gasteiger partial charge is 0.286 e. The minimum absolute atomic E-state index is 0.105. The predicted octanol–water partition coefficient (Wildman–Crippen LogP) is 5.29. The van der Waals surface area contributed by atoms with Crippen molar-refractivity contribution < 1.29 is 14.3 Å². The maximum absolute atomic E-state index is 12.6. The zero-order valence-electron chi connectivity index (χ0n) is 16.3. The van der Waals surface area contributed by atoms with Gasteiger partial charge in [0, 0.05) is 24.6 Å². The molecule has 0 aromatic heterocycles. The van der Waals surface area contributed by atoms with Gasteiger partial charge < -0.3 is 15.0 Å². The quantitative estimate of drug-likeness (QED) is 0.565. The standard InChI is InChI=1S/C23H22N2O3S/c1-25(2)23(27)29-21-11-7-6-10-20(21)24-22(26)18-12-14-19(15-13-18)28-16-17-8-4-3-5-9-17/h3-15H,16H2,1-2H3,(H,24,26). The predicted molar refractivity (Wildman–Crippen MR) is 117 cm³/mol. The molecule has 0 aliphatic rings. The van der Waals surface area contributed by atoms with E-state index in [9.17, 15) is 9.59 Å². The molecule has 1 N–H and O–H groups in total. The van der Waals surface area contributed by atoms with Crippen molar-refractivity contribution >= 4 is 28.6 Å². The van der Waals surface area contributed by atoms with Gasteiger partial charge in [0.1, 0.15) is 12.4 Å². The summed E-state index contributed by atoms with van der Waals surface area (Å²) in [6.45, 7) is 0.469. The molecule has 0 fully saturated rings. The lowest BCUT2D eigenvalue weighted by molar-refractivity contribution is 0.102. The molecule has 0 radical (unpaired) electrons. The van der Waals surface area contributed by atoms with Gasteiger partial charge in [0.25, 0.3) is 11.1 Å². The van der Waals surface area contributed by atoms with Crippen molar-refractivity contribution in [2.45, 2.75) is 11.5 Å². The van der Waals surface area contributed by atoms with Crippen molar-refractivity contribution in [3.8, 4) is 5.75 Å². The maximum Gasteiger partial charge on any atom is 0.286 e. The van der Waals surface area contributed by atoms with Crippen LogP contribution in [-0.4, -0.2) is 30.1 Å². The Hall–Kier alpha value is -3.25. The zero-order valence-corrected chi connectivity index (χ0v) is 17.1. The number of ether oxygens (including phenoxy) is 1. The first kappa shape index (κ1) is 20.5. The molecular weight excluding hydrogens is 384 g/mol. The molecule has 0 saturated carbocycles. The molecule has 3 rings (SSSR count). The van der Waals surface area contributed by atoms with E-state index in [0.717, 1.165) is 17.3 Å². The van der Waals surface area contributed by atoms with E-state index in [1.807, 2.05) is 48.5 Å². The summed E-state index contributed by atoms with van der Waals surface area (Å²) in [5, 5.41) is 2.77. The van der Waals surface area contributed by atoms with Crippen LogP contribution in [0.15, 0.2) is 83.8 Å². The SMILES string of the molecule is CN(C)C(=O)Sc1ccccc1NC(=O)c1ccc(OCc2ccccc2)cc1. The minimum atomic E-state index is -0.245. The topological polar surface area (TPSA) is 58.6 Å². The number of benzene rings is 3. The Morgan fingerprint density at radius 1 is 0.897 bits per heavy atom. The van der Waals surface area contributed by atoms with Crippen LogP contribution in [0, 0.1) is 0 Å². The third-order valence-electron chi connectivity index (χ3n) is 4.06. The number of carbonyl (C=O) groups excluding carboxylic acids is 2. The molecule has 2 amide bonds. The van der Waals surface area contributed by atoms with E-state index in [0.29, 0.717) is 28.5 Å². The first-order valence-corrected chi connectivity index (χ1v) is 9.91. The van der Waals surface area contributed by atoms with Crippen molar-refractivity contribution in [1.82, 2.24) is 4.90 Å². The monoisotopic (exact) mass is 406 g/mol. The lowest BCUT2D eigenvalue weighted by Gasteiger charge is -2.13. The van der Waals surface area contributed by atoms with Gasteiger partial charge >= 0.3 is 0 Å².